The average molecular weight is 318 g/mol. The number of likely N-dealkylation sites (tertiary alicyclic amines) is 1. The first kappa shape index (κ1) is 16.1. The Labute approximate surface area is 138 Å². The molecule has 1 amide bonds. The fourth-order valence-electron chi connectivity index (χ4n) is 3.46. The van der Waals surface area contributed by atoms with Crippen LogP contribution < -0.4 is 4.74 Å². The molecule has 23 heavy (non-hydrogen) atoms. The van der Waals surface area contributed by atoms with Gasteiger partial charge in [0.15, 0.2) is 0 Å². The van der Waals surface area contributed by atoms with E-state index in [1.54, 1.807) is 7.11 Å². The van der Waals surface area contributed by atoms with Gasteiger partial charge in [0, 0.05) is 25.7 Å². The van der Waals surface area contributed by atoms with E-state index >= 15 is 0 Å². The summed E-state index contributed by atoms with van der Waals surface area (Å²) in [6.45, 7) is 6.94. The zero-order chi connectivity index (χ0) is 16.4. The highest BCUT2D eigenvalue weighted by molar-refractivity contribution is 5.71. The van der Waals surface area contributed by atoms with Gasteiger partial charge in [0.1, 0.15) is 11.9 Å². The SMILES string of the molecule is COc1ccc(CCCN2C(=O)O[C@@H]3CN(C(C)C)C[C@@H]32)cc1. The number of methoxy groups -OCH3 is 1. The van der Waals surface area contributed by atoms with Crippen LogP contribution in [0.1, 0.15) is 25.8 Å². The lowest BCUT2D eigenvalue weighted by molar-refractivity contribution is 0.115. The van der Waals surface area contributed by atoms with Crippen molar-refractivity contribution in [3.63, 3.8) is 0 Å². The minimum atomic E-state index is -0.141. The molecule has 5 heteroatoms. The fourth-order valence-corrected chi connectivity index (χ4v) is 3.46. The number of amides is 1. The van der Waals surface area contributed by atoms with Gasteiger partial charge >= 0.3 is 6.09 Å². The lowest BCUT2D eigenvalue weighted by Gasteiger charge is -2.24. The van der Waals surface area contributed by atoms with Crippen LogP contribution in [0.2, 0.25) is 0 Å². The standard InChI is InChI=1S/C18H26N2O3/c1-13(2)19-11-16-17(12-19)23-18(21)20(16)10-4-5-14-6-8-15(22-3)9-7-14/h6-9,13,16-17H,4-5,10-12H2,1-3H3/t16-,17+/m0/s1. The van der Waals surface area contributed by atoms with E-state index in [1.807, 2.05) is 17.0 Å². The number of nitrogens with zero attached hydrogens (tertiary/aromatic N) is 2. The molecule has 0 aliphatic carbocycles. The first-order chi connectivity index (χ1) is 11.1. The van der Waals surface area contributed by atoms with Crippen molar-refractivity contribution in [2.24, 2.45) is 0 Å². The molecule has 0 radical (unpaired) electrons. The zero-order valence-corrected chi connectivity index (χ0v) is 14.2. The van der Waals surface area contributed by atoms with Crippen LogP contribution in [0, 0.1) is 0 Å². The number of hydrogen-bond donors (Lipinski definition) is 0. The summed E-state index contributed by atoms with van der Waals surface area (Å²) >= 11 is 0. The maximum Gasteiger partial charge on any atom is 0.410 e. The summed E-state index contributed by atoms with van der Waals surface area (Å²) in [4.78, 5) is 16.4. The lowest BCUT2D eigenvalue weighted by atomic mass is 10.1. The third kappa shape index (κ3) is 3.44. The van der Waals surface area contributed by atoms with Crippen LogP contribution in [0.3, 0.4) is 0 Å². The van der Waals surface area contributed by atoms with Crippen molar-refractivity contribution in [2.75, 3.05) is 26.7 Å². The Bertz CT molecular complexity index is 544. The van der Waals surface area contributed by atoms with Crippen molar-refractivity contribution in [1.82, 2.24) is 9.80 Å². The summed E-state index contributed by atoms with van der Waals surface area (Å²) in [6.07, 6.45) is 1.81. The first-order valence-corrected chi connectivity index (χ1v) is 8.42. The molecule has 0 saturated carbocycles. The van der Waals surface area contributed by atoms with Crippen molar-refractivity contribution < 1.29 is 14.3 Å². The third-order valence-corrected chi connectivity index (χ3v) is 4.91. The number of carbonyl (C=O) groups excluding carboxylic acids is 1. The van der Waals surface area contributed by atoms with Crippen molar-refractivity contribution in [1.29, 1.82) is 0 Å². The maximum atomic E-state index is 12.1. The summed E-state index contributed by atoms with van der Waals surface area (Å²) < 4.78 is 10.7. The molecule has 0 N–H and O–H groups in total. The normalized spacial score (nSPS) is 24.2. The second-order valence-electron chi connectivity index (χ2n) is 6.68. The van der Waals surface area contributed by atoms with Crippen LogP contribution >= 0.6 is 0 Å². The van der Waals surface area contributed by atoms with Gasteiger partial charge < -0.3 is 14.4 Å². The lowest BCUT2D eigenvalue weighted by Crippen LogP contribution is -2.39. The Morgan fingerprint density at radius 2 is 2.00 bits per heavy atom. The highest BCUT2D eigenvalue weighted by Gasteiger charge is 2.47. The summed E-state index contributed by atoms with van der Waals surface area (Å²) in [6, 6.07) is 8.85. The van der Waals surface area contributed by atoms with E-state index < -0.39 is 0 Å². The van der Waals surface area contributed by atoms with E-state index in [4.69, 9.17) is 9.47 Å². The van der Waals surface area contributed by atoms with E-state index in [9.17, 15) is 4.79 Å². The van der Waals surface area contributed by atoms with Gasteiger partial charge in [-0.2, -0.15) is 0 Å². The summed E-state index contributed by atoms with van der Waals surface area (Å²) in [5, 5.41) is 0. The Morgan fingerprint density at radius 1 is 1.26 bits per heavy atom. The van der Waals surface area contributed by atoms with Crippen LogP contribution in [0.15, 0.2) is 24.3 Å². The Morgan fingerprint density at radius 3 is 2.65 bits per heavy atom. The molecule has 0 aromatic heterocycles. The molecule has 0 unspecified atom stereocenters. The predicted molar refractivity (Wildman–Crippen MR) is 88.8 cm³/mol. The van der Waals surface area contributed by atoms with Gasteiger partial charge in [0.25, 0.3) is 0 Å². The van der Waals surface area contributed by atoms with Crippen LogP contribution in [0.25, 0.3) is 0 Å². The first-order valence-electron chi connectivity index (χ1n) is 8.42. The quantitative estimate of drug-likeness (QED) is 0.808. The number of rotatable bonds is 6. The molecule has 2 heterocycles. The molecule has 3 rings (SSSR count). The van der Waals surface area contributed by atoms with Gasteiger partial charge in [-0.05, 0) is 44.4 Å². The molecule has 2 fully saturated rings. The van der Waals surface area contributed by atoms with Crippen LogP contribution in [-0.2, 0) is 11.2 Å². The fraction of sp³-hybridized carbons (Fsp3) is 0.611. The molecule has 0 spiro atoms. The molecule has 2 saturated heterocycles. The van der Waals surface area contributed by atoms with Crippen molar-refractivity contribution >= 4 is 6.09 Å². The molecule has 1 aromatic carbocycles. The molecule has 0 bridgehead atoms. The molecule has 2 atom stereocenters. The average Bonchev–Trinajstić information content (AvgIpc) is 3.07. The smallest absolute Gasteiger partial charge is 0.410 e. The Kier molecular flexibility index (Phi) is 4.76. The van der Waals surface area contributed by atoms with Crippen LogP contribution in [-0.4, -0.2) is 60.8 Å². The number of ether oxygens (including phenoxy) is 2. The highest BCUT2D eigenvalue weighted by atomic mass is 16.6. The van der Waals surface area contributed by atoms with Crippen molar-refractivity contribution in [2.45, 2.75) is 44.9 Å². The number of hydrogen-bond acceptors (Lipinski definition) is 4. The number of benzene rings is 1. The highest BCUT2D eigenvalue weighted by Crippen LogP contribution is 2.28. The minimum Gasteiger partial charge on any atom is -0.497 e. The number of carbonyl (C=O) groups is 1. The van der Waals surface area contributed by atoms with Crippen LogP contribution in [0.5, 0.6) is 5.75 Å². The van der Waals surface area contributed by atoms with E-state index in [1.165, 1.54) is 5.56 Å². The third-order valence-electron chi connectivity index (χ3n) is 4.91. The Hall–Kier alpha value is -1.75. The van der Waals surface area contributed by atoms with Gasteiger partial charge in [-0.25, -0.2) is 4.79 Å². The van der Waals surface area contributed by atoms with E-state index in [0.717, 1.165) is 38.2 Å². The van der Waals surface area contributed by atoms with Crippen molar-refractivity contribution in [3.8, 4) is 5.75 Å². The monoisotopic (exact) mass is 318 g/mol. The predicted octanol–water partition coefficient (Wildman–Crippen LogP) is 2.54. The molecular formula is C18H26N2O3. The van der Waals surface area contributed by atoms with E-state index in [0.29, 0.717) is 6.04 Å². The van der Waals surface area contributed by atoms with Gasteiger partial charge in [0.2, 0.25) is 0 Å². The van der Waals surface area contributed by atoms with Crippen molar-refractivity contribution in [3.05, 3.63) is 29.8 Å². The van der Waals surface area contributed by atoms with Crippen LogP contribution in [0.4, 0.5) is 4.79 Å². The van der Waals surface area contributed by atoms with Gasteiger partial charge in [-0.1, -0.05) is 12.1 Å². The molecule has 2 aliphatic heterocycles. The summed E-state index contributed by atoms with van der Waals surface area (Å²) in [7, 11) is 1.67. The molecule has 5 nitrogen and oxygen atoms in total. The van der Waals surface area contributed by atoms with E-state index in [-0.39, 0.29) is 18.2 Å². The number of fused-ring (bicyclic) bond motifs is 1. The summed E-state index contributed by atoms with van der Waals surface area (Å²) in [5.74, 6) is 0.874. The molecule has 126 valence electrons. The molecule has 2 aliphatic rings. The second kappa shape index (κ2) is 6.79. The molecule has 1 aromatic rings. The summed E-state index contributed by atoms with van der Waals surface area (Å²) in [5.41, 5.74) is 1.27. The maximum absolute atomic E-state index is 12.1. The second-order valence-corrected chi connectivity index (χ2v) is 6.68. The molecular weight excluding hydrogens is 292 g/mol. The number of aryl methyl sites for hydroxylation is 1. The Balaban J connectivity index is 1.52. The van der Waals surface area contributed by atoms with Gasteiger partial charge in [-0.15, -0.1) is 0 Å². The van der Waals surface area contributed by atoms with Gasteiger partial charge in [-0.3, -0.25) is 4.90 Å². The largest absolute Gasteiger partial charge is 0.497 e. The minimum absolute atomic E-state index is 0.0471. The van der Waals surface area contributed by atoms with Gasteiger partial charge in [0.05, 0.1) is 13.2 Å². The topological polar surface area (TPSA) is 42.0 Å². The van der Waals surface area contributed by atoms with E-state index in [2.05, 4.69) is 30.9 Å². The zero-order valence-electron chi connectivity index (χ0n) is 14.2.